The van der Waals surface area contributed by atoms with Crippen LogP contribution in [0.15, 0.2) is 0 Å². The molecule has 1 N–H and O–H groups in total. The number of rotatable bonds is 3. The van der Waals surface area contributed by atoms with Gasteiger partial charge in [-0.1, -0.05) is 26.1 Å². The van der Waals surface area contributed by atoms with Crippen LogP contribution in [0.5, 0.6) is 0 Å². The Morgan fingerprint density at radius 3 is 2.00 bits per heavy atom. The number of thiocarbonyl (C=S) groups is 1. The zero-order chi connectivity index (χ0) is 7.44. The molecule has 0 aliphatic carbocycles. The maximum Gasteiger partial charge on any atom is 0.0824 e. The highest BCUT2D eigenvalue weighted by molar-refractivity contribution is 7.80. The third kappa shape index (κ3) is 4.55. The van der Waals surface area contributed by atoms with Crippen molar-refractivity contribution in [1.82, 2.24) is 0 Å². The number of aliphatic hydroxyl groups excluding tert-OH is 1. The van der Waals surface area contributed by atoms with Crippen LogP contribution in [-0.4, -0.2) is 16.1 Å². The summed E-state index contributed by atoms with van der Waals surface area (Å²) in [5.41, 5.74) is 0. The molecule has 0 aromatic heterocycles. The highest BCUT2D eigenvalue weighted by Gasteiger charge is 2.05. The van der Waals surface area contributed by atoms with Crippen molar-refractivity contribution >= 4 is 17.1 Å². The third-order valence-corrected chi connectivity index (χ3v) is 1.58. The maximum absolute atomic E-state index is 8.93. The summed E-state index contributed by atoms with van der Waals surface area (Å²) >= 11 is 4.90. The van der Waals surface area contributed by atoms with Crippen molar-refractivity contribution in [2.24, 2.45) is 5.92 Å². The minimum absolute atomic E-state index is 0.414. The Kier molecular flexibility index (Phi) is 3.98. The summed E-state index contributed by atoms with van der Waals surface area (Å²) in [4.78, 5) is 0.769. The van der Waals surface area contributed by atoms with Crippen LogP contribution in [0.4, 0.5) is 0 Å². The van der Waals surface area contributed by atoms with E-state index >= 15 is 0 Å². The molecule has 0 radical (unpaired) electrons. The highest BCUT2D eigenvalue weighted by atomic mass is 32.1. The SMILES string of the molecule is CC(C)CC(=S)C(C)O. The Bertz CT molecular complexity index is 97.1. The normalized spacial score (nSPS) is 13.9. The largest absolute Gasteiger partial charge is 0.388 e. The second kappa shape index (κ2) is 3.96. The van der Waals surface area contributed by atoms with Crippen molar-refractivity contribution < 1.29 is 5.11 Å². The van der Waals surface area contributed by atoms with Gasteiger partial charge >= 0.3 is 0 Å². The molecule has 0 aromatic rings. The Labute approximate surface area is 62.1 Å². The Hall–Kier alpha value is 0.0500. The van der Waals surface area contributed by atoms with Gasteiger partial charge in [0.2, 0.25) is 0 Å². The summed E-state index contributed by atoms with van der Waals surface area (Å²) in [6.07, 6.45) is 0.440. The first-order valence-electron chi connectivity index (χ1n) is 3.24. The lowest BCUT2D eigenvalue weighted by atomic mass is 10.1. The minimum atomic E-state index is -0.414. The first kappa shape index (κ1) is 9.05. The number of aliphatic hydroxyl groups is 1. The predicted octanol–water partition coefficient (Wildman–Crippen LogP) is 1.78. The standard InChI is InChI=1S/C7H14OS/c1-5(2)4-7(9)6(3)8/h5-6,8H,4H2,1-3H3. The monoisotopic (exact) mass is 146 g/mol. The predicted molar refractivity (Wildman–Crippen MR) is 43.7 cm³/mol. The molecule has 0 fully saturated rings. The third-order valence-electron chi connectivity index (χ3n) is 1.08. The van der Waals surface area contributed by atoms with Crippen molar-refractivity contribution in [3.8, 4) is 0 Å². The molecule has 0 rings (SSSR count). The van der Waals surface area contributed by atoms with Crippen molar-refractivity contribution in [3.05, 3.63) is 0 Å². The molecule has 54 valence electrons. The summed E-state index contributed by atoms with van der Waals surface area (Å²) in [5.74, 6) is 0.562. The van der Waals surface area contributed by atoms with E-state index in [0.29, 0.717) is 5.92 Å². The molecule has 0 heterocycles. The second-order valence-electron chi connectivity index (χ2n) is 2.74. The van der Waals surface area contributed by atoms with E-state index in [0.717, 1.165) is 11.3 Å². The van der Waals surface area contributed by atoms with Gasteiger partial charge in [-0.25, -0.2) is 0 Å². The zero-order valence-corrected chi connectivity index (χ0v) is 7.03. The van der Waals surface area contributed by atoms with Crippen LogP contribution in [0, 0.1) is 5.92 Å². The Morgan fingerprint density at radius 2 is 1.89 bits per heavy atom. The van der Waals surface area contributed by atoms with Crippen LogP contribution in [0.2, 0.25) is 0 Å². The highest BCUT2D eigenvalue weighted by Crippen LogP contribution is 2.04. The van der Waals surface area contributed by atoms with Gasteiger partial charge in [0.25, 0.3) is 0 Å². The van der Waals surface area contributed by atoms with Crippen molar-refractivity contribution in [2.75, 3.05) is 0 Å². The van der Waals surface area contributed by atoms with E-state index in [-0.39, 0.29) is 0 Å². The van der Waals surface area contributed by atoms with Gasteiger partial charge in [0.15, 0.2) is 0 Å². The molecular formula is C7H14OS. The summed E-state index contributed by atoms with van der Waals surface area (Å²) in [6, 6.07) is 0. The molecule has 1 unspecified atom stereocenters. The first-order valence-corrected chi connectivity index (χ1v) is 3.65. The summed E-state index contributed by atoms with van der Waals surface area (Å²) in [5, 5.41) is 8.93. The second-order valence-corrected chi connectivity index (χ2v) is 3.26. The van der Waals surface area contributed by atoms with Crippen molar-refractivity contribution in [2.45, 2.75) is 33.3 Å². The molecular weight excluding hydrogens is 132 g/mol. The van der Waals surface area contributed by atoms with Crippen LogP contribution < -0.4 is 0 Å². The number of hydrogen-bond acceptors (Lipinski definition) is 2. The lowest BCUT2D eigenvalue weighted by Gasteiger charge is -2.07. The molecule has 0 amide bonds. The van der Waals surface area contributed by atoms with Gasteiger partial charge < -0.3 is 5.11 Å². The van der Waals surface area contributed by atoms with E-state index in [9.17, 15) is 0 Å². The molecule has 1 nitrogen and oxygen atoms in total. The fourth-order valence-electron chi connectivity index (χ4n) is 0.573. The summed E-state index contributed by atoms with van der Waals surface area (Å²) in [7, 11) is 0. The molecule has 0 bridgehead atoms. The zero-order valence-electron chi connectivity index (χ0n) is 6.22. The van der Waals surface area contributed by atoms with Crippen LogP contribution >= 0.6 is 12.2 Å². The molecule has 0 spiro atoms. The summed E-state index contributed by atoms with van der Waals surface area (Å²) in [6.45, 7) is 5.90. The smallest absolute Gasteiger partial charge is 0.0824 e. The lowest BCUT2D eigenvalue weighted by molar-refractivity contribution is 0.261. The van der Waals surface area contributed by atoms with Crippen LogP contribution in [-0.2, 0) is 0 Å². The Morgan fingerprint density at radius 1 is 1.44 bits per heavy atom. The lowest BCUT2D eigenvalue weighted by Crippen LogP contribution is -2.15. The van der Waals surface area contributed by atoms with E-state index in [1.54, 1.807) is 6.92 Å². The van der Waals surface area contributed by atoms with E-state index in [1.165, 1.54) is 0 Å². The maximum atomic E-state index is 8.93. The number of hydrogen-bond donors (Lipinski definition) is 1. The first-order chi connectivity index (χ1) is 4.04. The molecule has 0 saturated carbocycles. The van der Waals surface area contributed by atoms with Crippen LogP contribution in [0.3, 0.4) is 0 Å². The van der Waals surface area contributed by atoms with E-state index in [1.807, 2.05) is 0 Å². The van der Waals surface area contributed by atoms with Crippen molar-refractivity contribution in [3.63, 3.8) is 0 Å². The van der Waals surface area contributed by atoms with Crippen LogP contribution in [0.1, 0.15) is 27.2 Å². The van der Waals surface area contributed by atoms with Crippen molar-refractivity contribution in [1.29, 1.82) is 0 Å². The average molecular weight is 146 g/mol. The molecule has 0 aliphatic heterocycles. The van der Waals surface area contributed by atoms with Gasteiger partial charge in [-0.05, 0) is 19.3 Å². The fraction of sp³-hybridized carbons (Fsp3) is 0.857. The van der Waals surface area contributed by atoms with Gasteiger partial charge in [-0.15, -0.1) is 0 Å². The van der Waals surface area contributed by atoms with E-state index in [4.69, 9.17) is 17.3 Å². The molecule has 1 atom stereocenters. The van der Waals surface area contributed by atoms with Gasteiger partial charge in [0.05, 0.1) is 6.10 Å². The quantitative estimate of drug-likeness (QED) is 0.612. The molecule has 0 aromatic carbocycles. The summed E-state index contributed by atoms with van der Waals surface area (Å²) < 4.78 is 0. The van der Waals surface area contributed by atoms with Gasteiger partial charge in [-0.3, -0.25) is 0 Å². The van der Waals surface area contributed by atoms with Gasteiger partial charge in [-0.2, -0.15) is 0 Å². The molecule has 0 saturated heterocycles. The molecule has 2 heteroatoms. The van der Waals surface area contributed by atoms with Gasteiger partial charge in [0.1, 0.15) is 0 Å². The average Bonchev–Trinajstić information content (AvgIpc) is 1.63. The van der Waals surface area contributed by atoms with Crippen LogP contribution in [0.25, 0.3) is 0 Å². The fourth-order valence-corrected chi connectivity index (χ4v) is 0.906. The van der Waals surface area contributed by atoms with E-state index in [2.05, 4.69) is 13.8 Å². The van der Waals surface area contributed by atoms with Gasteiger partial charge in [0, 0.05) is 4.86 Å². The Balaban J connectivity index is 3.51. The molecule has 9 heavy (non-hydrogen) atoms. The topological polar surface area (TPSA) is 20.2 Å². The van der Waals surface area contributed by atoms with E-state index < -0.39 is 6.10 Å². The molecule has 0 aliphatic rings. The minimum Gasteiger partial charge on any atom is -0.388 e.